The summed E-state index contributed by atoms with van der Waals surface area (Å²) in [5.41, 5.74) is 0.711. The topological polar surface area (TPSA) is 84.6 Å². The molecule has 3 heterocycles. The van der Waals surface area contributed by atoms with E-state index in [0.29, 0.717) is 11.3 Å². The molecule has 7 nitrogen and oxygen atoms in total. The van der Waals surface area contributed by atoms with E-state index in [1.165, 1.54) is 4.40 Å². The van der Waals surface area contributed by atoms with Gasteiger partial charge in [-0.15, -0.1) is 10.2 Å². The van der Waals surface area contributed by atoms with Gasteiger partial charge in [-0.25, -0.2) is 9.30 Å². The number of thiazole rings is 1. The summed E-state index contributed by atoms with van der Waals surface area (Å²) in [5, 5.41) is 8.07. The summed E-state index contributed by atoms with van der Waals surface area (Å²) in [6.45, 7) is 0. The Kier molecular flexibility index (Phi) is 3.74. The van der Waals surface area contributed by atoms with Gasteiger partial charge < -0.3 is 0 Å². The van der Waals surface area contributed by atoms with Gasteiger partial charge in [0.25, 0.3) is 17.4 Å². The van der Waals surface area contributed by atoms with Gasteiger partial charge in [0.1, 0.15) is 10.6 Å². The number of hydrogen-bond acceptors (Lipinski definition) is 6. The van der Waals surface area contributed by atoms with Crippen molar-refractivity contribution in [3.8, 4) is 11.3 Å². The summed E-state index contributed by atoms with van der Waals surface area (Å²) in [6, 6.07) is 15.7. The van der Waals surface area contributed by atoms with Crippen LogP contribution in [0.5, 0.6) is 0 Å². The van der Waals surface area contributed by atoms with Gasteiger partial charge in [-0.2, -0.15) is 0 Å². The monoisotopic (exact) mass is 452 g/mol. The molecule has 0 spiro atoms. The molecule has 2 aromatic heterocycles. The molecule has 2 amide bonds. The molecule has 2 aromatic carbocycles. The molecule has 0 saturated carbocycles. The molecule has 0 unspecified atom stereocenters. The zero-order valence-electron chi connectivity index (χ0n) is 14.0. The lowest BCUT2D eigenvalue weighted by atomic mass is 10.2. The maximum Gasteiger partial charge on any atom is 0.286 e. The van der Waals surface area contributed by atoms with Crippen LogP contribution in [0.15, 0.2) is 63.9 Å². The second-order valence-corrected chi connectivity index (χ2v) is 7.93. The Balaban J connectivity index is 1.71. The second kappa shape index (κ2) is 6.18. The van der Waals surface area contributed by atoms with E-state index in [1.54, 1.807) is 48.5 Å². The molecule has 1 aliphatic heterocycles. The van der Waals surface area contributed by atoms with Gasteiger partial charge in [-0.1, -0.05) is 57.6 Å². The number of anilines is 1. The largest absolute Gasteiger partial charge is 0.286 e. The van der Waals surface area contributed by atoms with Crippen molar-refractivity contribution >= 4 is 49.7 Å². The van der Waals surface area contributed by atoms with Gasteiger partial charge in [0.2, 0.25) is 4.96 Å². The minimum Gasteiger partial charge on any atom is -0.267 e. The Bertz CT molecular complexity index is 1330. The number of aromatic nitrogens is 3. The fourth-order valence-electron chi connectivity index (χ4n) is 3.12. The number of rotatable bonds is 2. The van der Waals surface area contributed by atoms with Crippen LogP contribution in [-0.4, -0.2) is 26.4 Å². The van der Waals surface area contributed by atoms with Crippen LogP contribution in [-0.2, 0) is 0 Å². The number of imide groups is 1. The number of benzene rings is 2. The standard InChI is InChI=1S/C19H9BrN4O3S/c20-11-6-8-12(9-7-11)23-17(26)14-15(18(23)27)28-19-22-21-13(16(25)24(14)19)10-4-2-1-3-5-10/h1-9H. The van der Waals surface area contributed by atoms with Gasteiger partial charge >= 0.3 is 0 Å². The highest BCUT2D eigenvalue weighted by atomic mass is 79.9. The third kappa shape index (κ3) is 2.36. The molecule has 9 heteroatoms. The van der Waals surface area contributed by atoms with Gasteiger partial charge in [-0.3, -0.25) is 14.4 Å². The van der Waals surface area contributed by atoms with E-state index in [1.807, 2.05) is 6.07 Å². The molecular weight excluding hydrogens is 444 g/mol. The average Bonchev–Trinajstić information content (AvgIpc) is 3.20. The Hall–Kier alpha value is -3.17. The predicted molar refractivity (Wildman–Crippen MR) is 108 cm³/mol. The van der Waals surface area contributed by atoms with Crippen molar-refractivity contribution in [1.82, 2.24) is 14.6 Å². The second-order valence-electron chi connectivity index (χ2n) is 6.04. The summed E-state index contributed by atoms with van der Waals surface area (Å²) in [4.78, 5) is 40.5. The van der Waals surface area contributed by atoms with E-state index in [4.69, 9.17) is 0 Å². The first-order chi connectivity index (χ1) is 13.6. The number of fused-ring (bicyclic) bond motifs is 3. The SMILES string of the molecule is O=C1c2sc3nnc(-c4ccccc4)c(=O)n3c2C(=O)N1c1ccc(Br)cc1. The maximum atomic E-state index is 13.1. The van der Waals surface area contributed by atoms with Crippen molar-refractivity contribution in [2.24, 2.45) is 0 Å². The summed E-state index contributed by atoms with van der Waals surface area (Å²) < 4.78 is 2.02. The first-order valence-corrected chi connectivity index (χ1v) is 9.79. The Labute approximate surface area is 170 Å². The number of amides is 2. The highest BCUT2D eigenvalue weighted by molar-refractivity contribution is 9.10. The van der Waals surface area contributed by atoms with Gasteiger partial charge in [0.15, 0.2) is 5.69 Å². The number of nitrogens with zero attached hydrogens (tertiary/aromatic N) is 4. The number of carbonyl (C=O) groups excluding carboxylic acids is 2. The van der Waals surface area contributed by atoms with Crippen LogP contribution in [0.2, 0.25) is 0 Å². The predicted octanol–water partition coefficient (Wildman–Crippen LogP) is 3.38. The fraction of sp³-hybridized carbons (Fsp3) is 0. The highest BCUT2D eigenvalue weighted by Crippen LogP contribution is 2.33. The van der Waals surface area contributed by atoms with Crippen LogP contribution >= 0.6 is 27.3 Å². The van der Waals surface area contributed by atoms with E-state index in [0.717, 1.165) is 20.7 Å². The molecule has 0 saturated heterocycles. The van der Waals surface area contributed by atoms with Gasteiger partial charge in [-0.05, 0) is 24.3 Å². The first-order valence-electron chi connectivity index (χ1n) is 8.18. The Morgan fingerprint density at radius 1 is 0.857 bits per heavy atom. The van der Waals surface area contributed by atoms with Crippen molar-refractivity contribution in [1.29, 1.82) is 0 Å². The zero-order valence-corrected chi connectivity index (χ0v) is 16.4. The van der Waals surface area contributed by atoms with Crippen LogP contribution in [0.3, 0.4) is 0 Å². The molecule has 0 fully saturated rings. The molecule has 28 heavy (non-hydrogen) atoms. The maximum absolute atomic E-state index is 13.1. The Morgan fingerprint density at radius 3 is 2.29 bits per heavy atom. The molecule has 0 N–H and O–H groups in total. The van der Waals surface area contributed by atoms with Crippen LogP contribution < -0.4 is 10.5 Å². The molecule has 5 rings (SSSR count). The lowest BCUT2D eigenvalue weighted by Gasteiger charge is -2.14. The van der Waals surface area contributed by atoms with E-state index in [2.05, 4.69) is 26.1 Å². The molecule has 0 radical (unpaired) electrons. The van der Waals surface area contributed by atoms with E-state index >= 15 is 0 Å². The fourth-order valence-corrected chi connectivity index (χ4v) is 4.36. The average molecular weight is 453 g/mol. The van der Waals surface area contributed by atoms with Crippen molar-refractivity contribution < 1.29 is 9.59 Å². The third-order valence-electron chi connectivity index (χ3n) is 4.40. The quantitative estimate of drug-likeness (QED) is 0.435. The summed E-state index contributed by atoms with van der Waals surface area (Å²) in [7, 11) is 0. The number of halogens is 1. The minimum atomic E-state index is -0.553. The van der Waals surface area contributed by atoms with Crippen molar-refractivity contribution in [2.75, 3.05) is 4.90 Å². The molecular formula is C19H9BrN4O3S. The minimum absolute atomic E-state index is 0.0324. The normalized spacial score (nSPS) is 13.4. The Morgan fingerprint density at radius 2 is 1.57 bits per heavy atom. The summed E-state index contributed by atoms with van der Waals surface area (Å²) >= 11 is 4.32. The van der Waals surface area contributed by atoms with Crippen molar-refractivity contribution in [3.05, 3.63) is 80.0 Å². The first kappa shape index (κ1) is 17.0. The van der Waals surface area contributed by atoms with Crippen LogP contribution in [0.4, 0.5) is 5.69 Å². The molecule has 0 atom stereocenters. The van der Waals surface area contributed by atoms with Crippen LogP contribution in [0, 0.1) is 0 Å². The van der Waals surface area contributed by atoms with Crippen LogP contribution in [0.1, 0.15) is 20.2 Å². The summed E-state index contributed by atoms with van der Waals surface area (Å²) in [5.74, 6) is -1.03. The van der Waals surface area contributed by atoms with E-state index in [9.17, 15) is 14.4 Å². The third-order valence-corrected chi connectivity index (χ3v) is 5.95. The number of carbonyl (C=O) groups is 2. The summed E-state index contributed by atoms with van der Waals surface area (Å²) in [6.07, 6.45) is 0. The van der Waals surface area contributed by atoms with E-state index in [-0.39, 0.29) is 21.2 Å². The molecule has 0 bridgehead atoms. The molecule has 1 aliphatic rings. The van der Waals surface area contributed by atoms with Gasteiger partial charge in [0.05, 0.1) is 5.69 Å². The highest BCUT2D eigenvalue weighted by Gasteiger charge is 2.42. The van der Waals surface area contributed by atoms with Crippen molar-refractivity contribution in [2.45, 2.75) is 0 Å². The molecule has 136 valence electrons. The number of hydrogen-bond donors (Lipinski definition) is 0. The van der Waals surface area contributed by atoms with E-state index < -0.39 is 17.4 Å². The lowest BCUT2D eigenvalue weighted by molar-refractivity contribution is 0.0925. The van der Waals surface area contributed by atoms with Crippen LogP contribution in [0.25, 0.3) is 16.2 Å². The molecule has 4 aromatic rings. The zero-order chi connectivity index (χ0) is 19.4. The smallest absolute Gasteiger partial charge is 0.267 e. The van der Waals surface area contributed by atoms with Crippen molar-refractivity contribution in [3.63, 3.8) is 0 Å². The molecule has 0 aliphatic carbocycles. The lowest BCUT2D eigenvalue weighted by Crippen LogP contribution is -2.31. The van der Waals surface area contributed by atoms with Gasteiger partial charge in [0, 0.05) is 10.0 Å².